The highest BCUT2D eigenvalue weighted by Gasteiger charge is 2.44. The number of hydrogen-bond donors (Lipinski definition) is 3. The molecule has 1 atom stereocenters. The average Bonchev–Trinajstić information content (AvgIpc) is 3.55. The van der Waals surface area contributed by atoms with Gasteiger partial charge < -0.3 is 15.1 Å². The molecule has 0 spiro atoms. The Morgan fingerprint density at radius 1 is 0.925 bits per heavy atom. The van der Waals surface area contributed by atoms with Crippen molar-refractivity contribution in [2.24, 2.45) is 11.8 Å². The van der Waals surface area contributed by atoms with Crippen LogP contribution in [0.15, 0.2) is 30.5 Å². The summed E-state index contributed by atoms with van der Waals surface area (Å²) in [7, 11) is 0. The van der Waals surface area contributed by atoms with Crippen LogP contribution in [0.3, 0.4) is 0 Å². The Morgan fingerprint density at radius 3 is 2.38 bits per heavy atom. The van der Waals surface area contributed by atoms with Crippen LogP contribution in [0.4, 0.5) is 11.5 Å². The number of amides is 5. The summed E-state index contributed by atoms with van der Waals surface area (Å²) in [6.07, 6.45) is 5.59. The number of nitrogens with one attached hydrogen (secondary N) is 3. The summed E-state index contributed by atoms with van der Waals surface area (Å²) in [5, 5.41) is 11.8. The van der Waals surface area contributed by atoms with E-state index in [4.69, 9.17) is 0 Å². The third-order valence-electron chi connectivity index (χ3n) is 8.64. The molecule has 0 radical (unpaired) electrons. The van der Waals surface area contributed by atoms with E-state index in [2.05, 4.69) is 30.6 Å². The average molecular weight is 548 g/mol. The molecule has 1 aromatic heterocycles. The van der Waals surface area contributed by atoms with Crippen molar-refractivity contribution in [2.45, 2.75) is 44.6 Å². The third-order valence-corrected chi connectivity index (χ3v) is 8.64. The van der Waals surface area contributed by atoms with Gasteiger partial charge in [-0.25, -0.2) is 0 Å². The Balaban J connectivity index is 1.00. The molecule has 4 aliphatic rings. The second-order valence-corrected chi connectivity index (χ2v) is 11.1. The first-order chi connectivity index (χ1) is 19.4. The first-order valence-corrected chi connectivity index (χ1v) is 14.0. The van der Waals surface area contributed by atoms with Crippen LogP contribution in [0.25, 0.3) is 0 Å². The molecule has 12 nitrogen and oxygen atoms in total. The van der Waals surface area contributed by atoms with E-state index in [0.717, 1.165) is 69.0 Å². The van der Waals surface area contributed by atoms with Gasteiger partial charge in [-0.2, -0.15) is 5.10 Å². The summed E-state index contributed by atoms with van der Waals surface area (Å²) in [6.45, 7) is 4.54. The molecular weight excluding hydrogens is 514 g/mol. The fraction of sp³-hybridized carbons (Fsp3) is 0.500. The van der Waals surface area contributed by atoms with Crippen molar-refractivity contribution in [2.75, 3.05) is 42.9 Å². The van der Waals surface area contributed by atoms with Crippen molar-refractivity contribution in [3.8, 4) is 0 Å². The van der Waals surface area contributed by atoms with Gasteiger partial charge in [0.15, 0.2) is 0 Å². The Hall–Kier alpha value is -4.06. The molecule has 1 aromatic carbocycles. The molecule has 40 heavy (non-hydrogen) atoms. The van der Waals surface area contributed by atoms with E-state index in [-0.39, 0.29) is 30.6 Å². The van der Waals surface area contributed by atoms with Crippen molar-refractivity contribution in [3.63, 3.8) is 0 Å². The number of carbonyl (C=O) groups is 5. The van der Waals surface area contributed by atoms with Crippen LogP contribution in [-0.4, -0.2) is 88.3 Å². The molecule has 2 aromatic rings. The zero-order valence-electron chi connectivity index (χ0n) is 22.2. The molecule has 3 fully saturated rings. The van der Waals surface area contributed by atoms with Gasteiger partial charge in [-0.1, -0.05) is 0 Å². The Bertz CT molecular complexity index is 1330. The number of aromatic amines is 1. The van der Waals surface area contributed by atoms with Crippen molar-refractivity contribution >= 4 is 41.0 Å². The summed E-state index contributed by atoms with van der Waals surface area (Å²) in [4.78, 5) is 68.2. The molecule has 3 N–H and O–H groups in total. The van der Waals surface area contributed by atoms with Crippen LogP contribution in [0.5, 0.6) is 0 Å². The molecule has 210 valence electrons. The van der Waals surface area contributed by atoms with Crippen molar-refractivity contribution < 1.29 is 24.0 Å². The molecule has 5 amide bonds. The number of hydrogen-bond acceptors (Lipinski definition) is 8. The minimum absolute atomic E-state index is 0.0155. The standard InChI is InChI=1S/C28H33N7O5/c36-24-4-3-22(26(38)31-24)35-27(39)20-2-1-19(15-21(20)28(35)40)34-13-6-17(7-14-34)16-33-11-8-18(9-12-33)25(37)30-23-5-10-29-32-23/h1-2,5,10,15,17-18,22H,3-4,6-9,11-14,16H2,(H,31,36,38)(H2,29,30,32,37). The Kier molecular flexibility index (Phi) is 7.09. The third kappa shape index (κ3) is 5.10. The van der Waals surface area contributed by atoms with E-state index in [9.17, 15) is 24.0 Å². The summed E-state index contributed by atoms with van der Waals surface area (Å²) in [5.41, 5.74) is 1.51. The molecule has 3 saturated heterocycles. The lowest BCUT2D eigenvalue weighted by molar-refractivity contribution is -0.136. The van der Waals surface area contributed by atoms with E-state index in [0.29, 0.717) is 22.9 Å². The van der Waals surface area contributed by atoms with Gasteiger partial charge in [0.05, 0.1) is 17.3 Å². The zero-order valence-corrected chi connectivity index (χ0v) is 22.2. The lowest BCUT2D eigenvalue weighted by Gasteiger charge is -2.38. The SMILES string of the molecule is O=C1CCC(N2C(=O)c3ccc(N4CCC(CN5CCC(C(=O)Nc6ccn[nH]6)CC5)CC4)cc3C2=O)C(=O)N1. The Labute approximate surface area is 231 Å². The maximum Gasteiger partial charge on any atom is 0.262 e. The fourth-order valence-electron chi connectivity index (χ4n) is 6.33. The van der Waals surface area contributed by atoms with E-state index >= 15 is 0 Å². The fourth-order valence-corrected chi connectivity index (χ4v) is 6.33. The lowest BCUT2D eigenvalue weighted by atomic mass is 9.92. The smallest absolute Gasteiger partial charge is 0.262 e. The number of anilines is 2. The summed E-state index contributed by atoms with van der Waals surface area (Å²) >= 11 is 0. The summed E-state index contributed by atoms with van der Waals surface area (Å²) in [5.74, 6) is -0.697. The number of imide groups is 2. The predicted molar refractivity (Wildman–Crippen MR) is 144 cm³/mol. The first-order valence-electron chi connectivity index (χ1n) is 14.0. The lowest BCUT2D eigenvalue weighted by Crippen LogP contribution is -2.54. The topological polar surface area (TPSA) is 148 Å². The number of rotatable bonds is 6. The van der Waals surface area contributed by atoms with Gasteiger partial charge in [0.25, 0.3) is 11.8 Å². The summed E-state index contributed by atoms with van der Waals surface area (Å²) in [6, 6.07) is 6.10. The first kappa shape index (κ1) is 26.2. The highest BCUT2D eigenvalue weighted by molar-refractivity contribution is 6.23. The molecule has 1 unspecified atom stereocenters. The number of H-pyrrole nitrogens is 1. The monoisotopic (exact) mass is 547 g/mol. The molecule has 6 rings (SSSR count). The van der Waals surface area contributed by atoms with Gasteiger partial charge in [-0.05, 0) is 69.3 Å². The number of carbonyl (C=O) groups excluding carboxylic acids is 5. The van der Waals surface area contributed by atoms with Gasteiger partial charge in [-0.3, -0.25) is 39.3 Å². The van der Waals surface area contributed by atoms with Gasteiger partial charge in [0, 0.05) is 43.7 Å². The van der Waals surface area contributed by atoms with E-state index < -0.39 is 23.8 Å². The highest BCUT2D eigenvalue weighted by Crippen LogP contribution is 2.32. The van der Waals surface area contributed by atoms with Crippen molar-refractivity contribution in [1.29, 1.82) is 0 Å². The molecule has 5 heterocycles. The number of likely N-dealkylation sites (tertiary alicyclic amines) is 1. The number of nitrogens with zero attached hydrogens (tertiary/aromatic N) is 4. The van der Waals surface area contributed by atoms with Crippen molar-refractivity contribution in [3.05, 3.63) is 41.6 Å². The van der Waals surface area contributed by atoms with E-state index in [1.807, 2.05) is 6.07 Å². The van der Waals surface area contributed by atoms with Crippen LogP contribution in [0.2, 0.25) is 0 Å². The van der Waals surface area contributed by atoms with E-state index in [1.54, 1.807) is 24.4 Å². The number of fused-ring (bicyclic) bond motifs is 1. The molecule has 12 heteroatoms. The van der Waals surface area contributed by atoms with Gasteiger partial charge in [0.1, 0.15) is 11.9 Å². The van der Waals surface area contributed by atoms with Crippen molar-refractivity contribution in [1.82, 2.24) is 25.3 Å². The van der Waals surface area contributed by atoms with Crippen LogP contribution in [0.1, 0.15) is 59.2 Å². The normalized spacial score (nSPS) is 22.9. The van der Waals surface area contributed by atoms with Crippen LogP contribution >= 0.6 is 0 Å². The number of piperidine rings is 3. The molecular formula is C28H33N7O5. The zero-order chi connectivity index (χ0) is 27.8. The molecule has 0 bridgehead atoms. The minimum Gasteiger partial charge on any atom is -0.371 e. The van der Waals surface area contributed by atoms with Gasteiger partial charge in [-0.15, -0.1) is 0 Å². The number of aromatic nitrogens is 2. The van der Waals surface area contributed by atoms with Crippen LogP contribution in [-0.2, 0) is 14.4 Å². The second kappa shape index (κ2) is 10.8. The number of benzene rings is 1. The van der Waals surface area contributed by atoms with Crippen LogP contribution in [0, 0.1) is 11.8 Å². The molecule has 0 saturated carbocycles. The molecule has 4 aliphatic heterocycles. The second-order valence-electron chi connectivity index (χ2n) is 11.1. The van der Waals surface area contributed by atoms with Crippen LogP contribution < -0.4 is 15.5 Å². The van der Waals surface area contributed by atoms with E-state index in [1.165, 1.54) is 0 Å². The minimum atomic E-state index is -0.958. The summed E-state index contributed by atoms with van der Waals surface area (Å²) < 4.78 is 0. The maximum atomic E-state index is 13.2. The predicted octanol–water partition coefficient (Wildman–Crippen LogP) is 1.38. The quantitative estimate of drug-likeness (QED) is 0.460. The molecule has 0 aliphatic carbocycles. The van der Waals surface area contributed by atoms with Gasteiger partial charge >= 0.3 is 0 Å². The maximum absolute atomic E-state index is 13.2. The largest absolute Gasteiger partial charge is 0.371 e. The van der Waals surface area contributed by atoms with Gasteiger partial charge in [0.2, 0.25) is 17.7 Å². The highest BCUT2D eigenvalue weighted by atomic mass is 16.2. The Morgan fingerprint density at radius 2 is 1.68 bits per heavy atom.